The fraction of sp³-hybridized carbons (Fsp3) is 0.609. The fourth-order valence-electron chi connectivity index (χ4n) is 5.38. The molecule has 0 amide bonds. The number of aliphatic hydroxyl groups is 1. The van der Waals surface area contributed by atoms with Crippen LogP contribution >= 0.6 is 0 Å². The molecule has 5 rings (SSSR count). The van der Waals surface area contributed by atoms with E-state index in [4.69, 9.17) is 4.74 Å². The van der Waals surface area contributed by atoms with Gasteiger partial charge in [0.05, 0.1) is 18.2 Å². The lowest BCUT2D eigenvalue weighted by atomic mass is 9.59. The summed E-state index contributed by atoms with van der Waals surface area (Å²) < 4.78 is 5.69. The Hall–Kier alpha value is -1.36. The second-order valence-electron chi connectivity index (χ2n) is 8.89. The number of aliphatic hydroxyl groups excluding tert-OH is 1. The topological polar surface area (TPSA) is 45.6 Å². The van der Waals surface area contributed by atoms with Crippen LogP contribution in [0.4, 0.5) is 0 Å². The van der Waals surface area contributed by atoms with Crippen molar-refractivity contribution in [2.75, 3.05) is 19.7 Å². The molecule has 1 N–H and O–H groups in total. The highest BCUT2D eigenvalue weighted by Crippen LogP contribution is 2.54. The molecule has 0 aliphatic carbocycles. The molecule has 4 nitrogen and oxygen atoms in total. The van der Waals surface area contributed by atoms with Crippen molar-refractivity contribution in [3.05, 3.63) is 36.0 Å². The number of piperidine rings is 3. The van der Waals surface area contributed by atoms with E-state index in [1.54, 1.807) is 0 Å². The zero-order valence-corrected chi connectivity index (χ0v) is 18.2. The van der Waals surface area contributed by atoms with Gasteiger partial charge in [0.15, 0.2) is 0 Å². The van der Waals surface area contributed by atoms with Crippen LogP contribution in [0, 0.1) is 11.3 Å². The Morgan fingerprint density at radius 2 is 2.11 bits per heavy atom. The molecule has 2 bridgehead atoms. The Morgan fingerprint density at radius 3 is 2.75 bits per heavy atom. The van der Waals surface area contributed by atoms with Gasteiger partial charge in [0, 0.05) is 23.7 Å². The number of rotatable bonds is 5. The third kappa shape index (κ3) is 3.30. The first kappa shape index (κ1) is 21.4. The largest absolute Gasteiger partial charge is 1.00 e. The number of pyridine rings is 1. The SMILES string of the molecule is CCOc1ccc2nccc([C@@H](O)[C@]3(C)CC4CCN3C[C@]4(C)CC)c2c1.[Cl-].[H+]. The summed E-state index contributed by atoms with van der Waals surface area (Å²) in [6.07, 6.45) is 4.78. The molecule has 2 aromatic rings. The van der Waals surface area contributed by atoms with Crippen molar-refractivity contribution in [2.45, 2.75) is 58.6 Å². The highest BCUT2D eigenvalue weighted by atomic mass is 35.5. The van der Waals surface area contributed by atoms with E-state index in [0.29, 0.717) is 17.9 Å². The lowest BCUT2D eigenvalue weighted by Gasteiger charge is -2.61. The predicted octanol–water partition coefficient (Wildman–Crippen LogP) is 1.68. The van der Waals surface area contributed by atoms with Gasteiger partial charge in [-0.05, 0) is 80.8 Å². The summed E-state index contributed by atoms with van der Waals surface area (Å²) in [4.78, 5) is 7.04. The smallest absolute Gasteiger partial charge is 1.00 e. The van der Waals surface area contributed by atoms with Crippen molar-refractivity contribution in [2.24, 2.45) is 11.3 Å². The number of ether oxygens (including phenoxy) is 1. The minimum absolute atomic E-state index is 0. The highest BCUT2D eigenvalue weighted by molar-refractivity contribution is 5.84. The summed E-state index contributed by atoms with van der Waals surface area (Å²) in [7, 11) is 0. The molecule has 0 radical (unpaired) electrons. The van der Waals surface area contributed by atoms with Crippen LogP contribution in [0.25, 0.3) is 10.9 Å². The molecule has 3 aliphatic rings. The lowest BCUT2D eigenvalue weighted by molar-refractivity contribution is -0.146. The third-order valence-corrected chi connectivity index (χ3v) is 7.42. The number of hydrogen-bond donors (Lipinski definition) is 1. The Bertz CT molecular complexity index is 851. The second-order valence-corrected chi connectivity index (χ2v) is 8.89. The molecular formula is C23H33ClN2O2. The van der Waals surface area contributed by atoms with E-state index >= 15 is 0 Å². The van der Waals surface area contributed by atoms with Gasteiger partial charge in [-0.3, -0.25) is 9.88 Å². The van der Waals surface area contributed by atoms with Gasteiger partial charge >= 0.3 is 1.43 Å². The highest BCUT2D eigenvalue weighted by Gasteiger charge is 2.54. The molecule has 0 saturated carbocycles. The molecule has 4 heterocycles. The third-order valence-electron chi connectivity index (χ3n) is 7.42. The Balaban J connectivity index is 0.00000150. The van der Waals surface area contributed by atoms with Crippen molar-refractivity contribution in [1.82, 2.24) is 9.88 Å². The van der Waals surface area contributed by atoms with Crippen LogP contribution in [0.15, 0.2) is 30.5 Å². The summed E-state index contributed by atoms with van der Waals surface area (Å²) in [6, 6.07) is 7.95. The van der Waals surface area contributed by atoms with Crippen molar-refractivity contribution in [3.63, 3.8) is 0 Å². The second kappa shape index (κ2) is 7.81. The lowest BCUT2D eigenvalue weighted by Crippen LogP contribution is -3.00. The number of aromatic nitrogens is 1. The normalized spacial score (nSPS) is 32.8. The van der Waals surface area contributed by atoms with Gasteiger partial charge in [0.2, 0.25) is 0 Å². The van der Waals surface area contributed by atoms with Crippen molar-refractivity contribution in [1.29, 1.82) is 0 Å². The van der Waals surface area contributed by atoms with Crippen LogP contribution in [0.3, 0.4) is 0 Å². The number of hydrogen-bond acceptors (Lipinski definition) is 4. The van der Waals surface area contributed by atoms with E-state index in [-0.39, 0.29) is 19.4 Å². The van der Waals surface area contributed by atoms with Crippen molar-refractivity contribution in [3.8, 4) is 5.75 Å². The zero-order valence-electron chi connectivity index (χ0n) is 18.4. The maximum absolute atomic E-state index is 11.6. The summed E-state index contributed by atoms with van der Waals surface area (Å²) in [5, 5.41) is 12.6. The average Bonchev–Trinajstić information content (AvgIpc) is 2.68. The molecular weight excluding hydrogens is 372 g/mol. The zero-order chi connectivity index (χ0) is 19.2. The minimum atomic E-state index is -0.538. The first-order chi connectivity index (χ1) is 12.9. The first-order valence-electron chi connectivity index (χ1n) is 10.4. The van der Waals surface area contributed by atoms with Gasteiger partial charge in [-0.25, -0.2) is 0 Å². The molecule has 3 saturated heterocycles. The number of halogens is 1. The van der Waals surface area contributed by atoms with Crippen LogP contribution in [0.5, 0.6) is 5.75 Å². The Labute approximate surface area is 176 Å². The van der Waals surface area contributed by atoms with Gasteiger partial charge in [0.25, 0.3) is 0 Å². The maximum Gasteiger partial charge on any atom is 1.00 e. The molecule has 5 atom stereocenters. The summed E-state index contributed by atoms with van der Waals surface area (Å²) >= 11 is 0. The molecule has 5 heteroatoms. The van der Waals surface area contributed by atoms with E-state index in [1.165, 1.54) is 12.8 Å². The van der Waals surface area contributed by atoms with Crippen LogP contribution in [-0.4, -0.2) is 40.2 Å². The first-order valence-corrected chi connectivity index (χ1v) is 10.4. The molecule has 1 aromatic carbocycles. The van der Waals surface area contributed by atoms with Crippen LogP contribution in [-0.2, 0) is 0 Å². The summed E-state index contributed by atoms with van der Waals surface area (Å²) in [5.74, 6) is 1.51. The van der Waals surface area contributed by atoms with Gasteiger partial charge in [-0.15, -0.1) is 0 Å². The maximum atomic E-state index is 11.6. The van der Waals surface area contributed by atoms with Crippen LogP contribution in [0.2, 0.25) is 0 Å². The number of nitrogens with zero attached hydrogens (tertiary/aromatic N) is 2. The van der Waals surface area contributed by atoms with E-state index < -0.39 is 6.10 Å². The Kier molecular flexibility index (Phi) is 5.96. The monoisotopic (exact) mass is 404 g/mol. The van der Waals surface area contributed by atoms with Gasteiger partial charge in [0.1, 0.15) is 5.75 Å². The quantitative estimate of drug-likeness (QED) is 0.823. The van der Waals surface area contributed by atoms with E-state index in [2.05, 4.69) is 30.7 Å². The van der Waals surface area contributed by atoms with Crippen LogP contribution < -0.4 is 17.1 Å². The molecule has 154 valence electrons. The Morgan fingerprint density at radius 1 is 1.32 bits per heavy atom. The molecule has 3 fully saturated rings. The van der Waals surface area contributed by atoms with Gasteiger partial charge in [-0.1, -0.05) is 13.8 Å². The van der Waals surface area contributed by atoms with E-state index in [9.17, 15) is 5.11 Å². The van der Waals surface area contributed by atoms with E-state index in [0.717, 1.165) is 41.7 Å². The summed E-state index contributed by atoms with van der Waals surface area (Å²) in [5.41, 5.74) is 2.02. The van der Waals surface area contributed by atoms with Crippen LogP contribution in [0.1, 0.15) is 60.1 Å². The molecule has 0 spiro atoms. The van der Waals surface area contributed by atoms with Gasteiger partial charge < -0.3 is 22.3 Å². The van der Waals surface area contributed by atoms with Crippen molar-refractivity contribution >= 4 is 10.9 Å². The summed E-state index contributed by atoms with van der Waals surface area (Å²) in [6.45, 7) is 11.8. The van der Waals surface area contributed by atoms with Crippen molar-refractivity contribution < 1.29 is 23.7 Å². The number of fused-ring (bicyclic) bond motifs is 4. The molecule has 1 aromatic heterocycles. The van der Waals surface area contributed by atoms with Gasteiger partial charge in [-0.2, -0.15) is 0 Å². The minimum Gasteiger partial charge on any atom is -1.00 e. The molecule has 2 unspecified atom stereocenters. The average molecular weight is 405 g/mol. The number of benzene rings is 1. The molecule has 3 aliphatic heterocycles. The fourth-order valence-corrected chi connectivity index (χ4v) is 5.38. The molecule has 28 heavy (non-hydrogen) atoms. The standard InChI is InChI=1S/C23H32N2O2.ClH/c1-5-22(3)15-25-12-10-16(22)14-23(25,4)21(26)18-9-11-24-20-8-7-17(27-6-2)13-19(18)20;/h7-9,11,13,16,21,26H,5-6,10,12,14-15H2,1-4H3;1H/t16?,21-,22+,23+;/m1./s1. The van der Waals surface area contributed by atoms with E-state index in [1.807, 2.05) is 37.4 Å². The predicted molar refractivity (Wildman–Crippen MR) is 110 cm³/mol.